The molecule has 1 aliphatic carbocycles. The lowest BCUT2D eigenvalue weighted by molar-refractivity contribution is -0.128. The lowest BCUT2D eigenvalue weighted by Gasteiger charge is -2.38. The number of carbonyl (C=O) groups is 2. The fourth-order valence-corrected chi connectivity index (χ4v) is 5.75. The number of likely N-dealkylation sites (tertiary alicyclic amines) is 1. The zero-order valence-corrected chi connectivity index (χ0v) is 20.3. The van der Waals surface area contributed by atoms with E-state index in [0.29, 0.717) is 12.0 Å². The Hall–Kier alpha value is -3.15. The van der Waals surface area contributed by atoms with E-state index >= 15 is 0 Å². The van der Waals surface area contributed by atoms with E-state index in [1.54, 1.807) is 0 Å². The van der Waals surface area contributed by atoms with Crippen LogP contribution in [0.1, 0.15) is 75.4 Å². The zero-order valence-electron chi connectivity index (χ0n) is 20.3. The molecule has 2 aromatic rings. The number of hydrogen-bond donors (Lipinski definition) is 1. The number of fused-ring (bicyclic) bond motifs is 3. The molecule has 0 spiro atoms. The van der Waals surface area contributed by atoms with Crippen molar-refractivity contribution in [1.82, 2.24) is 14.5 Å². The molecule has 1 atom stereocenters. The van der Waals surface area contributed by atoms with Gasteiger partial charge in [0.05, 0.1) is 17.1 Å². The largest absolute Gasteiger partial charge is 0.465 e. The molecular formula is C28H33N3O3. The summed E-state index contributed by atoms with van der Waals surface area (Å²) in [5.74, 6) is -0.433. The van der Waals surface area contributed by atoms with Gasteiger partial charge in [0.25, 0.3) is 5.91 Å². The summed E-state index contributed by atoms with van der Waals surface area (Å²) in [4.78, 5) is 30.4. The van der Waals surface area contributed by atoms with Crippen LogP contribution in [0.15, 0.2) is 36.2 Å². The molecule has 0 radical (unpaired) electrons. The summed E-state index contributed by atoms with van der Waals surface area (Å²) < 4.78 is 2.14. The van der Waals surface area contributed by atoms with Crippen molar-refractivity contribution in [2.75, 3.05) is 6.54 Å². The van der Waals surface area contributed by atoms with Gasteiger partial charge < -0.3 is 9.67 Å². The quantitative estimate of drug-likeness (QED) is 0.569. The Kier molecular flexibility index (Phi) is 5.70. The van der Waals surface area contributed by atoms with E-state index in [9.17, 15) is 14.7 Å². The summed E-state index contributed by atoms with van der Waals surface area (Å²) in [6.07, 6.45) is 12.2. The number of imidazole rings is 1. The SMILES string of the molecule is CC(C)(C)C1CCN(C(=O)O)C(=O)C1=Cc1ncn2c1CCc1cc(C3=CCCCC3)ccc1-2. The number of benzene rings is 1. The van der Waals surface area contributed by atoms with Crippen molar-refractivity contribution in [3.05, 3.63) is 58.7 Å². The average Bonchev–Trinajstić information content (AvgIpc) is 3.22. The number of nitrogens with zero attached hydrogens (tertiary/aromatic N) is 3. The summed E-state index contributed by atoms with van der Waals surface area (Å²) >= 11 is 0. The van der Waals surface area contributed by atoms with Crippen LogP contribution in [0.25, 0.3) is 17.3 Å². The third-order valence-corrected chi connectivity index (χ3v) is 7.61. The Morgan fingerprint density at radius 2 is 2.00 bits per heavy atom. The standard InChI is InChI=1S/C28H33N3O3/c1-28(2,3)22-13-14-30(27(33)34)26(32)21(22)16-23-25-12-10-20-15-19(18-7-5-4-6-8-18)9-11-24(20)31(25)17-29-23/h7,9,11,15-17,22H,4-6,8,10,12-14H2,1-3H3,(H,33,34). The first-order chi connectivity index (χ1) is 16.2. The molecule has 2 amide bonds. The van der Waals surface area contributed by atoms with E-state index in [4.69, 9.17) is 0 Å². The molecule has 6 nitrogen and oxygen atoms in total. The van der Waals surface area contributed by atoms with E-state index < -0.39 is 12.0 Å². The number of carbonyl (C=O) groups excluding carboxylic acids is 1. The van der Waals surface area contributed by atoms with Crippen molar-refractivity contribution >= 4 is 23.6 Å². The molecule has 0 bridgehead atoms. The average molecular weight is 460 g/mol. The second-order valence-corrected chi connectivity index (χ2v) is 10.8. The van der Waals surface area contributed by atoms with Crippen molar-refractivity contribution in [3.8, 4) is 5.69 Å². The Bertz CT molecular complexity index is 1210. The van der Waals surface area contributed by atoms with Crippen LogP contribution in [0.4, 0.5) is 4.79 Å². The number of imide groups is 1. The molecule has 5 rings (SSSR count). The number of carboxylic acid groups (broad SMARTS) is 1. The minimum Gasteiger partial charge on any atom is -0.465 e. The maximum atomic E-state index is 13.1. The highest BCUT2D eigenvalue weighted by Crippen LogP contribution is 2.40. The molecule has 34 heavy (non-hydrogen) atoms. The first kappa shape index (κ1) is 22.6. The van der Waals surface area contributed by atoms with Gasteiger partial charge in [-0.1, -0.05) is 32.9 Å². The summed E-state index contributed by atoms with van der Waals surface area (Å²) in [5.41, 5.74) is 7.52. The van der Waals surface area contributed by atoms with Crippen molar-refractivity contribution in [1.29, 1.82) is 0 Å². The fourth-order valence-electron chi connectivity index (χ4n) is 5.75. The van der Waals surface area contributed by atoms with Gasteiger partial charge in [-0.25, -0.2) is 14.7 Å². The summed E-state index contributed by atoms with van der Waals surface area (Å²) in [7, 11) is 0. The number of aryl methyl sites for hydroxylation is 1. The lowest BCUT2D eigenvalue weighted by Crippen LogP contribution is -2.46. The summed E-state index contributed by atoms with van der Waals surface area (Å²) in [6, 6.07) is 6.74. The van der Waals surface area contributed by atoms with Crippen LogP contribution in [0.5, 0.6) is 0 Å². The van der Waals surface area contributed by atoms with Crippen molar-refractivity contribution < 1.29 is 14.7 Å². The van der Waals surface area contributed by atoms with Crippen molar-refractivity contribution in [2.24, 2.45) is 11.3 Å². The molecule has 1 fully saturated rings. The van der Waals surface area contributed by atoms with Gasteiger partial charge in [-0.3, -0.25) is 4.79 Å². The van der Waals surface area contributed by atoms with Crippen LogP contribution in [-0.4, -0.2) is 38.1 Å². The highest BCUT2D eigenvalue weighted by molar-refractivity contribution is 6.06. The molecule has 2 aliphatic heterocycles. The second-order valence-electron chi connectivity index (χ2n) is 10.8. The van der Waals surface area contributed by atoms with Gasteiger partial charge in [-0.2, -0.15) is 0 Å². The predicted octanol–water partition coefficient (Wildman–Crippen LogP) is 5.88. The molecule has 6 heteroatoms. The first-order valence-electron chi connectivity index (χ1n) is 12.4. The van der Waals surface area contributed by atoms with Gasteiger partial charge in [0.1, 0.15) is 6.33 Å². The topological polar surface area (TPSA) is 75.4 Å². The van der Waals surface area contributed by atoms with Crippen LogP contribution < -0.4 is 0 Å². The number of aromatic nitrogens is 2. The highest BCUT2D eigenvalue weighted by atomic mass is 16.4. The molecule has 1 saturated heterocycles. The number of hydrogen-bond acceptors (Lipinski definition) is 3. The Labute approximate surface area is 201 Å². The molecular weight excluding hydrogens is 426 g/mol. The van der Waals surface area contributed by atoms with Crippen molar-refractivity contribution in [3.63, 3.8) is 0 Å². The third-order valence-electron chi connectivity index (χ3n) is 7.61. The first-order valence-corrected chi connectivity index (χ1v) is 12.4. The van der Waals surface area contributed by atoms with E-state index in [0.717, 1.165) is 41.2 Å². The Morgan fingerprint density at radius 1 is 1.18 bits per heavy atom. The van der Waals surface area contributed by atoms with Crippen LogP contribution in [0.2, 0.25) is 0 Å². The lowest BCUT2D eigenvalue weighted by atomic mass is 9.72. The molecule has 1 aromatic carbocycles. The van der Waals surface area contributed by atoms with E-state index in [1.807, 2.05) is 12.4 Å². The van der Waals surface area contributed by atoms with E-state index in [1.165, 1.54) is 36.0 Å². The van der Waals surface area contributed by atoms with Crippen LogP contribution in [0.3, 0.4) is 0 Å². The van der Waals surface area contributed by atoms with Gasteiger partial charge in [0.2, 0.25) is 0 Å². The van der Waals surface area contributed by atoms with Gasteiger partial charge >= 0.3 is 6.09 Å². The fraction of sp³-hybridized carbons (Fsp3) is 0.464. The van der Waals surface area contributed by atoms with Gasteiger partial charge in [0.15, 0.2) is 0 Å². The Morgan fingerprint density at radius 3 is 2.71 bits per heavy atom. The van der Waals surface area contributed by atoms with Crippen LogP contribution in [-0.2, 0) is 17.6 Å². The minimum absolute atomic E-state index is 0.0184. The number of amides is 2. The number of piperidine rings is 1. The van der Waals surface area contributed by atoms with Crippen LogP contribution >= 0.6 is 0 Å². The number of allylic oxidation sites excluding steroid dienone is 2. The van der Waals surface area contributed by atoms with E-state index in [2.05, 4.69) is 54.6 Å². The molecule has 1 aromatic heterocycles. The molecule has 3 heterocycles. The maximum Gasteiger partial charge on any atom is 0.414 e. The third kappa shape index (κ3) is 3.99. The molecule has 178 valence electrons. The van der Waals surface area contributed by atoms with Gasteiger partial charge in [0, 0.05) is 12.1 Å². The smallest absolute Gasteiger partial charge is 0.414 e. The molecule has 3 aliphatic rings. The summed E-state index contributed by atoms with van der Waals surface area (Å²) in [5, 5.41) is 9.51. The predicted molar refractivity (Wildman–Crippen MR) is 133 cm³/mol. The van der Waals surface area contributed by atoms with Crippen molar-refractivity contribution in [2.45, 2.75) is 65.7 Å². The molecule has 0 saturated carbocycles. The number of rotatable bonds is 2. The molecule has 1 N–H and O–H groups in total. The van der Waals surface area contributed by atoms with Gasteiger partial charge in [-0.05, 0) is 91.2 Å². The Balaban J connectivity index is 1.52. The van der Waals surface area contributed by atoms with Gasteiger partial charge in [-0.15, -0.1) is 0 Å². The van der Waals surface area contributed by atoms with E-state index in [-0.39, 0.29) is 17.9 Å². The monoisotopic (exact) mass is 459 g/mol. The van der Waals surface area contributed by atoms with Crippen LogP contribution in [0, 0.1) is 11.3 Å². The minimum atomic E-state index is -1.19. The summed E-state index contributed by atoms with van der Waals surface area (Å²) in [6.45, 7) is 6.55. The molecule has 1 unspecified atom stereocenters. The maximum absolute atomic E-state index is 13.1. The zero-order chi connectivity index (χ0) is 24.0. The normalized spacial score (nSPS) is 21.8. The second kappa shape index (κ2) is 8.57. The highest BCUT2D eigenvalue weighted by Gasteiger charge is 2.40.